The Kier molecular flexibility index (Phi) is 9.89. The molecule has 0 saturated heterocycles. The monoisotopic (exact) mass is 596 g/mol. The fourth-order valence-corrected chi connectivity index (χ4v) is 12.2. The van der Waals surface area contributed by atoms with Gasteiger partial charge in [-0.15, -0.1) is 0 Å². The maximum atomic E-state index is 6.74. The van der Waals surface area contributed by atoms with E-state index >= 15 is 0 Å². The van der Waals surface area contributed by atoms with E-state index in [1.807, 2.05) is 0 Å². The Hall–Kier alpha value is 0.0600. The average Bonchev–Trinajstić information content (AvgIpc) is 3.12. The van der Waals surface area contributed by atoms with E-state index in [-0.39, 0.29) is 16.9 Å². The third-order valence-corrected chi connectivity index (χ3v) is 13.5. The molecule has 38 heavy (non-hydrogen) atoms. The zero-order valence-electron chi connectivity index (χ0n) is 25.9. The number of hydrogen-bond donors (Lipinski definition) is 0. The molecule has 4 rings (SSSR count). The first-order valence-electron chi connectivity index (χ1n) is 15.4. The van der Waals surface area contributed by atoms with E-state index in [0.717, 1.165) is 6.42 Å². The molecule has 0 N–H and O–H groups in total. The molecule has 0 radical (unpaired) electrons. The van der Waals surface area contributed by atoms with E-state index < -0.39 is 0 Å². The quantitative estimate of drug-likeness (QED) is 0.144. The molecular weight excluding hydrogens is 540 g/mol. The summed E-state index contributed by atoms with van der Waals surface area (Å²) in [5, 5.41) is 0. The zero-order valence-corrected chi connectivity index (χ0v) is 27.4. The summed E-state index contributed by atoms with van der Waals surface area (Å²) in [6, 6.07) is 0. The van der Waals surface area contributed by atoms with Crippen molar-refractivity contribution in [2.24, 2.45) is 51.8 Å². The predicted octanol–water partition coefficient (Wildman–Crippen LogP) is 8.63. The molecule has 0 spiro atoms. The van der Waals surface area contributed by atoms with Gasteiger partial charge in [-0.25, -0.2) is 0 Å². The summed E-state index contributed by atoms with van der Waals surface area (Å²) in [7, 11) is 3.51. The molecule has 12 atom stereocenters. The van der Waals surface area contributed by atoms with E-state index in [2.05, 4.69) is 70.5 Å². The molecule has 0 aromatic rings. The van der Waals surface area contributed by atoms with Crippen molar-refractivity contribution in [3.05, 3.63) is 11.6 Å². The third kappa shape index (κ3) is 5.23. The number of methoxy groups -OCH3 is 2. The summed E-state index contributed by atoms with van der Waals surface area (Å²) in [5.74, 6) is 3.80. The summed E-state index contributed by atoms with van der Waals surface area (Å²) >= 11 is 4.28. The van der Waals surface area contributed by atoms with Gasteiger partial charge >= 0.3 is 0 Å². The molecule has 4 saturated carbocycles. The Labute approximate surface area is 242 Å². The number of ether oxygens (including phenoxy) is 4. The van der Waals surface area contributed by atoms with Gasteiger partial charge in [0.15, 0.2) is 0 Å². The second-order valence-corrected chi connectivity index (χ2v) is 15.7. The van der Waals surface area contributed by atoms with Gasteiger partial charge in [-0.1, -0.05) is 62.2 Å². The van der Waals surface area contributed by atoms with Gasteiger partial charge < -0.3 is 18.9 Å². The van der Waals surface area contributed by atoms with Crippen LogP contribution in [-0.2, 0) is 18.9 Å². The molecule has 0 bridgehead atoms. The van der Waals surface area contributed by atoms with Crippen molar-refractivity contribution in [2.45, 2.75) is 117 Å². The number of halogens is 1. The molecule has 5 heteroatoms. The van der Waals surface area contributed by atoms with Gasteiger partial charge in [-0.2, -0.15) is 0 Å². The first kappa shape index (κ1) is 31.0. The molecule has 4 aliphatic rings. The van der Waals surface area contributed by atoms with E-state index in [9.17, 15) is 0 Å². The van der Waals surface area contributed by atoms with Crippen LogP contribution in [0.5, 0.6) is 0 Å². The minimum Gasteiger partial charge on any atom is -0.359 e. The molecule has 9 unspecified atom stereocenters. The normalized spacial score (nSPS) is 47.1. The topological polar surface area (TPSA) is 36.9 Å². The summed E-state index contributed by atoms with van der Waals surface area (Å²) < 4.78 is 23.8. The second-order valence-electron chi connectivity index (χ2n) is 14.6. The van der Waals surface area contributed by atoms with Crippen LogP contribution in [0.1, 0.15) is 99.8 Å². The van der Waals surface area contributed by atoms with Gasteiger partial charge in [-0.3, -0.25) is 0 Å². The number of allylic oxidation sites excluding steroid dienone is 2. The largest absolute Gasteiger partial charge is 0.359 e. The van der Waals surface area contributed by atoms with Crippen molar-refractivity contribution in [1.29, 1.82) is 0 Å². The number of rotatable bonds is 10. The SMILES string of the molecule is COCOC1CC2C(C(C)CCC=C(C)C)C(Br)C[C@]2(C)C2(C)CCC3C(C)[C@H](OCOC)CC[C@]3(C)C12. The second kappa shape index (κ2) is 12.1. The van der Waals surface area contributed by atoms with Crippen LogP contribution in [0.2, 0.25) is 0 Å². The lowest BCUT2D eigenvalue weighted by Gasteiger charge is -2.70. The lowest BCUT2D eigenvalue weighted by Crippen LogP contribution is -2.66. The lowest BCUT2D eigenvalue weighted by atomic mass is 9.36. The Balaban J connectivity index is 1.67. The molecule has 4 aliphatic carbocycles. The maximum absolute atomic E-state index is 6.74. The lowest BCUT2D eigenvalue weighted by molar-refractivity contribution is -0.264. The summed E-state index contributed by atoms with van der Waals surface area (Å²) in [6.07, 6.45) is 12.8. The van der Waals surface area contributed by atoms with Crippen LogP contribution in [-0.4, -0.2) is 44.8 Å². The highest BCUT2D eigenvalue weighted by molar-refractivity contribution is 9.09. The van der Waals surface area contributed by atoms with Gasteiger partial charge in [0.1, 0.15) is 13.6 Å². The van der Waals surface area contributed by atoms with Crippen molar-refractivity contribution in [1.82, 2.24) is 0 Å². The molecule has 0 aromatic heterocycles. The van der Waals surface area contributed by atoms with Crippen LogP contribution in [0.4, 0.5) is 0 Å². The fourth-order valence-electron chi connectivity index (χ4n) is 10.7. The van der Waals surface area contributed by atoms with Crippen LogP contribution in [0, 0.1) is 51.8 Å². The summed E-state index contributed by atoms with van der Waals surface area (Å²) in [4.78, 5) is 0.584. The molecule has 0 aromatic carbocycles. The van der Waals surface area contributed by atoms with Crippen molar-refractivity contribution in [2.75, 3.05) is 27.8 Å². The smallest absolute Gasteiger partial charge is 0.146 e. The van der Waals surface area contributed by atoms with Crippen molar-refractivity contribution in [3.63, 3.8) is 0 Å². The van der Waals surface area contributed by atoms with Crippen LogP contribution < -0.4 is 0 Å². The van der Waals surface area contributed by atoms with E-state index in [0.29, 0.717) is 65.4 Å². The molecule has 4 fully saturated rings. The van der Waals surface area contributed by atoms with Gasteiger partial charge in [0.25, 0.3) is 0 Å². The molecule has 0 amide bonds. The van der Waals surface area contributed by atoms with Crippen molar-refractivity contribution >= 4 is 15.9 Å². The predicted molar refractivity (Wildman–Crippen MR) is 159 cm³/mol. The van der Waals surface area contributed by atoms with Gasteiger partial charge in [0.05, 0.1) is 12.2 Å². The van der Waals surface area contributed by atoms with Crippen molar-refractivity contribution < 1.29 is 18.9 Å². The minimum atomic E-state index is 0.250. The third-order valence-electron chi connectivity index (χ3n) is 12.5. The standard InChI is InChI=1S/C33H57BrO4/c1-21(2)11-10-12-22(3)29-25-17-28(38-20-36-9)30-31(5)15-14-27(37-19-35-8)23(4)24(31)13-16-32(30,6)33(25,7)18-26(29)34/h11,22-30H,10,12-20H2,1-9H3/t22?,23?,24?,25?,26?,27-,28?,29?,30?,31+,32?,33+/m1/s1. The molecule has 0 heterocycles. The first-order chi connectivity index (χ1) is 17.9. The number of alkyl halides is 1. The van der Waals surface area contributed by atoms with Gasteiger partial charge in [0, 0.05) is 19.0 Å². The molecule has 4 nitrogen and oxygen atoms in total. The molecule has 0 aliphatic heterocycles. The minimum absolute atomic E-state index is 0.250. The van der Waals surface area contributed by atoms with Gasteiger partial charge in [-0.05, 0) is 117 Å². The molecule has 220 valence electrons. The van der Waals surface area contributed by atoms with Crippen LogP contribution >= 0.6 is 15.9 Å². The Morgan fingerprint density at radius 2 is 1.61 bits per heavy atom. The number of fused-ring (bicyclic) bond motifs is 5. The van der Waals surface area contributed by atoms with Gasteiger partial charge in [0.2, 0.25) is 0 Å². The van der Waals surface area contributed by atoms with Crippen LogP contribution in [0.3, 0.4) is 0 Å². The highest BCUT2D eigenvalue weighted by Gasteiger charge is 2.71. The summed E-state index contributed by atoms with van der Waals surface area (Å²) in [5.41, 5.74) is 2.25. The van der Waals surface area contributed by atoms with E-state index in [1.54, 1.807) is 14.2 Å². The number of hydrogen-bond acceptors (Lipinski definition) is 4. The first-order valence-corrected chi connectivity index (χ1v) is 16.3. The Bertz CT molecular complexity index is 828. The maximum Gasteiger partial charge on any atom is 0.146 e. The van der Waals surface area contributed by atoms with E-state index in [4.69, 9.17) is 18.9 Å². The Morgan fingerprint density at radius 1 is 0.947 bits per heavy atom. The van der Waals surface area contributed by atoms with Crippen molar-refractivity contribution in [3.8, 4) is 0 Å². The fraction of sp³-hybridized carbons (Fsp3) is 0.939. The summed E-state index contributed by atoms with van der Waals surface area (Å²) in [6.45, 7) is 18.2. The highest BCUT2D eigenvalue weighted by atomic mass is 79.9. The average molecular weight is 598 g/mol. The Morgan fingerprint density at radius 3 is 2.24 bits per heavy atom. The molecular formula is C33H57BrO4. The van der Waals surface area contributed by atoms with Crippen LogP contribution in [0.25, 0.3) is 0 Å². The zero-order chi connectivity index (χ0) is 27.9. The van der Waals surface area contributed by atoms with E-state index in [1.165, 1.54) is 50.5 Å². The highest BCUT2D eigenvalue weighted by Crippen LogP contribution is 2.75. The van der Waals surface area contributed by atoms with Crippen LogP contribution in [0.15, 0.2) is 11.6 Å².